The van der Waals surface area contributed by atoms with Crippen molar-refractivity contribution in [2.45, 2.75) is 180 Å². The third kappa shape index (κ3) is 17.5. The number of H-pyrrole nitrogens is 1. The van der Waals surface area contributed by atoms with Crippen LogP contribution in [0.1, 0.15) is 161 Å². The number of nitrogens with one attached hydrogen (secondary N) is 1. The third-order valence-electron chi connectivity index (χ3n) is 8.64. The number of nitrogens with zero attached hydrogens (tertiary/aromatic N) is 1. The molecule has 1 N–H and O–H groups in total. The normalized spacial score (nSPS) is 19.2. The summed E-state index contributed by atoms with van der Waals surface area (Å²) in [6.45, 7) is 10.2. The molecule has 0 aromatic carbocycles. The molecule has 12 heteroatoms. The van der Waals surface area contributed by atoms with E-state index in [1.165, 1.54) is 101 Å². The van der Waals surface area contributed by atoms with Gasteiger partial charge in [0.2, 0.25) is 0 Å². The van der Waals surface area contributed by atoms with E-state index in [9.17, 15) is 14.2 Å². The van der Waals surface area contributed by atoms with Gasteiger partial charge in [-0.25, -0.2) is 14.2 Å². The monoisotopic (exact) mass is 704 g/mol. The Hall–Kier alpha value is -0.940. The highest BCUT2D eigenvalue weighted by molar-refractivity contribution is 7.99. The van der Waals surface area contributed by atoms with E-state index in [2.05, 4.69) is 18.8 Å². The summed E-state index contributed by atoms with van der Waals surface area (Å²) in [6, 6.07) is 0. The summed E-state index contributed by atoms with van der Waals surface area (Å²) in [5.74, 6) is 1.07. The lowest BCUT2D eigenvalue weighted by atomic mass is 10.1. The van der Waals surface area contributed by atoms with Gasteiger partial charge in [0.05, 0.1) is 19.3 Å². The number of rotatable bonds is 29. The van der Waals surface area contributed by atoms with Gasteiger partial charge < -0.3 is 4.74 Å². The molecular weight excluding hydrogens is 639 g/mol. The topological polar surface area (TPSA) is 118 Å². The summed E-state index contributed by atoms with van der Waals surface area (Å²) >= 11 is 1.93. The van der Waals surface area contributed by atoms with Crippen molar-refractivity contribution in [3.05, 3.63) is 32.6 Å². The maximum atomic E-state index is 13.6. The number of aromatic nitrogens is 2. The molecule has 1 aliphatic rings. The molecule has 1 fully saturated rings. The van der Waals surface area contributed by atoms with Gasteiger partial charge >= 0.3 is 13.5 Å². The molecule has 2 rings (SSSR count). The summed E-state index contributed by atoms with van der Waals surface area (Å²) in [7, 11) is -4.02. The lowest BCUT2D eigenvalue weighted by Crippen LogP contribution is -2.33. The van der Waals surface area contributed by atoms with E-state index in [1.807, 2.05) is 25.6 Å². The Labute approximate surface area is 288 Å². The van der Waals surface area contributed by atoms with E-state index in [-0.39, 0.29) is 24.6 Å². The van der Waals surface area contributed by atoms with E-state index in [4.69, 9.17) is 23.3 Å². The van der Waals surface area contributed by atoms with E-state index in [0.717, 1.165) is 18.6 Å². The van der Waals surface area contributed by atoms with Crippen molar-refractivity contribution in [1.29, 1.82) is 0 Å². The second-order valence-corrected chi connectivity index (χ2v) is 15.9. The standard InChI is InChI=1S/C35H65N2O8PS/c1-6-9-11-13-14-15-16-17-19-21-26-47-32(22-20-18-12-10-7-2)30(5)44-45-46(40,41-25-8-3)42-28-31-23-24-33(43-31)37-27-29(4)34(38)36-35(37)39/h27,30-33H,6-26,28H2,1-5H3,(H,36,38,39)/t30?,31-,32?,33+,46?/m0/s1. The van der Waals surface area contributed by atoms with E-state index in [0.29, 0.717) is 24.8 Å². The Morgan fingerprint density at radius 2 is 1.51 bits per heavy atom. The van der Waals surface area contributed by atoms with E-state index < -0.39 is 31.4 Å². The minimum absolute atomic E-state index is 0.0410. The van der Waals surface area contributed by atoms with Crippen LogP contribution in [0.5, 0.6) is 0 Å². The molecule has 10 nitrogen and oxygen atoms in total. The molecule has 0 saturated carbocycles. The first kappa shape index (κ1) is 42.2. The Morgan fingerprint density at radius 1 is 0.894 bits per heavy atom. The van der Waals surface area contributed by atoms with E-state index >= 15 is 0 Å². The molecule has 0 spiro atoms. The van der Waals surface area contributed by atoms with Crippen molar-refractivity contribution in [2.75, 3.05) is 19.0 Å². The molecule has 0 bridgehead atoms. The van der Waals surface area contributed by atoms with Crippen molar-refractivity contribution in [2.24, 2.45) is 0 Å². The molecule has 2 heterocycles. The van der Waals surface area contributed by atoms with Crippen LogP contribution in [-0.4, -0.2) is 46.0 Å². The lowest BCUT2D eigenvalue weighted by molar-refractivity contribution is -0.257. The van der Waals surface area contributed by atoms with Crippen LogP contribution in [0.25, 0.3) is 0 Å². The zero-order chi connectivity index (χ0) is 34.3. The molecule has 1 aliphatic heterocycles. The quantitative estimate of drug-likeness (QED) is 0.0376. The van der Waals surface area contributed by atoms with Gasteiger partial charge in [-0.2, -0.15) is 11.8 Å². The summed E-state index contributed by atoms with van der Waals surface area (Å²) in [5, 5.41) is 0.216. The second-order valence-electron chi connectivity index (χ2n) is 13.0. The second kappa shape index (κ2) is 25.1. The largest absolute Gasteiger partial charge is 0.502 e. The Bertz CT molecular complexity index is 1120. The number of ether oxygens (including phenoxy) is 1. The molecule has 3 unspecified atom stereocenters. The van der Waals surface area contributed by atoms with Gasteiger partial charge in [-0.05, 0) is 51.7 Å². The van der Waals surface area contributed by atoms with Crippen molar-refractivity contribution in [1.82, 2.24) is 9.55 Å². The van der Waals surface area contributed by atoms with Crippen LogP contribution in [0.2, 0.25) is 0 Å². The minimum atomic E-state index is -4.02. The van der Waals surface area contributed by atoms with Crippen LogP contribution in [-0.2, 0) is 27.9 Å². The Balaban J connectivity index is 1.85. The number of aryl methyl sites for hydroxylation is 1. The van der Waals surface area contributed by atoms with Crippen molar-refractivity contribution in [3.8, 4) is 0 Å². The molecule has 0 radical (unpaired) electrons. The van der Waals surface area contributed by atoms with Gasteiger partial charge in [0.1, 0.15) is 12.3 Å². The zero-order valence-electron chi connectivity index (χ0n) is 30.0. The average molecular weight is 705 g/mol. The van der Waals surface area contributed by atoms with Gasteiger partial charge in [-0.3, -0.25) is 23.4 Å². The molecule has 1 aromatic rings. The third-order valence-corrected chi connectivity index (χ3v) is 11.4. The first-order valence-corrected chi connectivity index (χ1v) is 21.1. The first-order chi connectivity index (χ1) is 22.7. The SMILES string of the molecule is CCCCCCCCCCCCSC(CCCCCCC)C(C)OOP(=O)(OCCC)OC[C@@H]1CC[C@H](n2cc(C)c(=O)[nH]c2=O)O1. The van der Waals surface area contributed by atoms with Gasteiger partial charge in [-0.15, -0.1) is 4.67 Å². The summed E-state index contributed by atoms with van der Waals surface area (Å²) in [6.07, 6.45) is 22.3. The van der Waals surface area contributed by atoms with Crippen LogP contribution in [0, 0.1) is 6.92 Å². The molecular formula is C35H65N2O8PS. The van der Waals surface area contributed by atoms with Crippen molar-refractivity contribution in [3.63, 3.8) is 0 Å². The van der Waals surface area contributed by atoms with Crippen LogP contribution in [0.15, 0.2) is 15.8 Å². The lowest BCUT2D eigenvalue weighted by Gasteiger charge is -2.25. The fraction of sp³-hybridized carbons (Fsp3) is 0.886. The number of hydrogen-bond donors (Lipinski definition) is 1. The average Bonchev–Trinajstić information content (AvgIpc) is 3.54. The summed E-state index contributed by atoms with van der Waals surface area (Å²) < 4.78 is 37.7. The number of phosphoric acid groups is 1. The first-order valence-electron chi connectivity index (χ1n) is 18.6. The highest BCUT2D eigenvalue weighted by atomic mass is 32.2. The molecule has 1 aromatic heterocycles. The number of aromatic amines is 1. The fourth-order valence-electron chi connectivity index (χ4n) is 5.68. The van der Waals surface area contributed by atoms with Crippen LogP contribution in [0.4, 0.5) is 0 Å². The molecule has 274 valence electrons. The maximum Gasteiger partial charge on any atom is 0.502 e. The summed E-state index contributed by atoms with van der Waals surface area (Å²) in [5.41, 5.74) is -0.521. The minimum Gasteiger partial charge on any atom is -0.352 e. The van der Waals surface area contributed by atoms with E-state index in [1.54, 1.807) is 6.92 Å². The fourth-order valence-corrected chi connectivity index (χ4v) is 8.16. The Morgan fingerprint density at radius 3 is 2.15 bits per heavy atom. The molecule has 0 aliphatic carbocycles. The molecule has 5 atom stereocenters. The van der Waals surface area contributed by atoms with Gasteiger partial charge in [0, 0.05) is 17.0 Å². The molecule has 0 amide bonds. The molecule has 47 heavy (non-hydrogen) atoms. The Kier molecular flexibility index (Phi) is 22.5. The van der Waals surface area contributed by atoms with Gasteiger partial charge in [0.25, 0.3) is 5.56 Å². The molecule has 1 saturated heterocycles. The number of unbranched alkanes of at least 4 members (excludes halogenated alkanes) is 13. The number of thioether (sulfide) groups is 1. The van der Waals surface area contributed by atoms with Crippen molar-refractivity contribution >= 4 is 19.6 Å². The van der Waals surface area contributed by atoms with Crippen LogP contribution >= 0.6 is 19.6 Å². The van der Waals surface area contributed by atoms with Gasteiger partial charge in [0.15, 0.2) is 0 Å². The maximum absolute atomic E-state index is 13.6. The summed E-state index contributed by atoms with van der Waals surface area (Å²) in [4.78, 5) is 32.1. The van der Waals surface area contributed by atoms with Crippen molar-refractivity contribution < 1.29 is 27.9 Å². The van der Waals surface area contributed by atoms with Gasteiger partial charge in [-0.1, -0.05) is 111 Å². The number of phosphoric ester groups is 1. The zero-order valence-corrected chi connectivity index (χ0v) is 31.7. The predicted octanol–water partition coefficient (Wildman–Crippen LogP) is 9.79. The smallest absolute Gasteiger partial charge is 0.352 e. The van der Waals surface area contributed by atoms with Crippen LogP contribution in [0.3, 0.4) is 0 Å². The predicted molar refractivity (Wildman–Crippen MR) is 192 cm³/mol. The number of hydrogen-bond acceptors (Lipinski definition) is 9. The highest BCUT2D eigenvalue weighted by Crippen LogP contribution is 2.51. The van der Waals surface area contributed by atoms with Crippen LogP contribution < -0.4 is 11.2 Å². The highest BCUT2D eigenvalue weighted by Gasteiger charge is 2.35.